The first-order chi connectivity index (χ1) is 11.5. The number of hydrogen-bond donors (Lipinski definition) is 1. The molecule has 2 rings (SSSR count). The predicted octanol–water partition coefficient (Wildman–Crippen LogP) is 4.10. The lowest BCUT2D eigenvalue weighted by Crippen LogP contribution is -2.09. The Morgan fingerprint density at radius 2 is 2.21 bits per heavy atom. The zero-order chi connectivity index (χ0) is 17.5. The maximum Gasteiger partial charge on any atom is 0.248 e. The molecule has 0 aliphatic carbocycles. The van der Waals surface area contributed by atoms with Crippen LogP contribution in [0, 0.1) is 6.92 Å². The molecule has 2 aromatic rings. The standard InChI is InChI=1S/C18H19ClN2O3/c1-4-24-16-10-13(9-14(19)18(16)23-3)5-6-17(22)21-15-11-20-8-7-12(15)2/h5-11H,4H2,1-3H3,(H,21,22). The molecule has 126 valence electrons. The molecule has 0 atom stereocenters. The molecule has 0 bridgehead atoms. The van der Waals surface area contributed by atoms with Crippen molar-refractivity contribution in [1.82, 2.24) is 4.98 Å². The van der Waals surface area contributed by atoms with Crippen molar-refractivity contribution >= 4 is 29.3 Å². The summed E-state index contributed by atoms with van der Waals surface area (Å²) < 4.78 is 10.7. The van der Waals surface area contributed by atoms with Gasteiger partial charge in [0.05, 0.1) is 30.6 Å². The van der Waals surface area contributed by atoms with Crippen molar-refractivity contribution in [2.45, 2.75) is 13.8 Å². The topological polar surface area (TPSA) is 60.5 Å². The van der Waals surface area contributed by atoms with Crippen LogP contribution in [-0.4, -0.2) is 24.6 Å². The number of rotatable bonds is 6. The molecule has 1 aromatic heterocycles. The number of halogens is 1. The van der Waals surface area contributed by atoms with Crippen molar-refractivity contribution in [3.05, 3.63) is 52.8 Å². The summed E-state index contributed by atoms with van der Waals surface area (Å²) in [6.45, 7) is 4.26. The molecule has 0 fully saturated rings. The molecular weight excluding hydrogens is 328 g/mol. The number of benzene rings is 1. The van der Waals surface area contributed by atoms with Crippen LogP contribution in [0.5, 0.6) is 11.5 Å². The number of carbonyl (C=O) groups excluding carboxylic acids is 1. The summed E-state index contributed by atoms with van der Waals surface area (Å²) in [5.74, 6) is 0.762. The molecule has 0 unspecified atom stereocenters. The van der Waals surface area contributed by atoms with E-state index in [-0.39, 0.29) is 5.91 Å². The number of methoxy groups -OCH3 is 1. The van der Waals surface area contributed by atoms with Crippen LogP contribution < -0.4 is 14.8 Å². The molecule has 0 spiro atoms. The number of nitrogens with one attached hydrogen (secondary N) is 1. The Balaban J connectivity index is 2.16. The highest BCUT2D eigenvalue weighted by molar-refractivity contribution is 6.32. The lowest BCUT2D eigenvalue weighted by Gasteiger charge is -2.11. The molecule has 1 aromatic carbocycles. The highest BCUT2D eigenvalue weighted by Gasteiger charge is 2.10. The molecule has 0 saturated carbocycles. The fourth-order valence-corrected chi connectivity index (χ4v) is 2.38. The number of hydrogen-bond acceptors (Lipinski definition) is 4. The van der Waals surface area contributed by atoms with Crippen molar-refractivity contribution in [3.63, 3.8) is 0 Å². The van der Waals surface area contributed by atoms with Crippen molar-refractivity contribution in [2.24, 2.45) is 0 Å². The first-order valence-corrected chi connectivity index (χ1v) is 7.83. The Hall–Kier alpha value is -2.53. The molecule has 1 amide bonds. The SMILES string of the molecule is CCOc1cc(C=CC(=O)Nc2cnccc2C)cc(Cl)c1OC. The monoisotopic (exact) mass is 346 g/mol. The van der Waals surface area contributed by atoms with Gasteiger partial charge in [0.2, 0.25) is 5.91 Å². The number of nitrogens with zero attached hydrogens (tertiary/aromatic N) is 1. The van der Waals surface area contributed by atoms with Gasteiger partial charge in [0.15, 0.2) is 11.5 Å². The van der Waals surface area contributed by atoms with E-state index < -0.39 is 0 Å². The first-order valence-electron chi connectivity index (χ1n) is 7.45. The summed E-state index contributed by atoms with van der Waals surface area (Å²) in [5, 5.41) is 3.20. The maximum atomic E-state index is 12.0. The van der Waals surface area contributed by atoms with E-state index in [0.29, 0.717) is 28.8 Å². The number of pyridine rings is 1. The van der Waals surface area contributed by atoms with E-state index in [9.17, 15) is 4.79 Å². The third kappa shape index (κ3) is 4.49. The molecule has 5 nitrogen and oxygen atoms in total. The molecule has 0 radical (unpaired) electrons. The average molecular weight is 347 g/mol. The minimum absolute atomic E-state index is 0.254. The fourth-order valence-electron chi connectivity index (χ4n) is 2.09. The summed E-state index contributed by atoms with van der Waals surface area (Å²) in [6.07, 6.45) is 6.38. The minimum atomic E-state index is -0.254. The Kier molecular flexibility index (Phi) is 6.21. The Bertz CT molecular complexity index is 760. The van der Waals surface area contributed by atoms with E-state index >= 15 is 0 Å². The fraction of sp³-hybridized carbons (Fsp3) is 0.222. The first kappa shape index (κ1) is 17.8. The van der Waals surface area contributed by atoms with Crippen LogP contribution in [0.4, 0.5) is 5.69 Å². The number of aryl methyl sites for hydroxylation is 1. The van der Waals surface area contributed by atoms with Gasteiger partial charge >= 0.3 is 0 Å². The van der Waals surface area contributed by atoms with Crippen LogP contribution >= 0.6 is 11.6 Å². The zero-order valence-electron chi connectivity index (χ0n) is 13.8. The number of amides is 1. The highest BCUT2D eigenvalue weighted by atomic mass is 35.5. The number of ether oxygens (including phenoxy) is 2. The largest absolute Gasteiger partial charge is 0.491 e. The average Bonchev–Trinajstić information content (AvgIpc) is 2.55. The highest BCUT2D eigenvalue weighted by Crippen LogP contribution is 2.36. The van der Waals surface area contributed by atoms with Gasteiger partial charge in [-0.1, -0.05) is 11.6 Å². The number of aromatic nitrogens is 1. The van der Waals surface area contributed by atoms with E-state index in [2.05, 4.69) is 10.3 Å². The molecule has 24 heavy (non-hydrogen) atoms. The molecule has 1 heterocycles. The van der Waals surface area contributed by atoms with Crippen LogP contribution in [0.1, 0.15) is 18.1 Å². The van der Waals surface area contributed by atoms with Gasteiger partial charge in [-0.2, -0.15) is 0 Å². The van der Waals surface area contributed by atoms with Crippen LogP contribution in [0.25, 0.3) is 6.08 Å². The van der Waals surface area contributed by atoms with Gasteiger partial charge in [0, 0.05) is 12.3 Å². The molecule has 0 aliphatic heterocycles. The van der Waals surface area contributed by atoms with E-state index in [1.54, 1.807) is 30.6 Å². The van der Waals surface area contributed by atoms with Crippen molar-refractivity contribution in [1.29, 1.82) is 0 Å². The van der Waals surface area contributed by atoms with Gasteiger partial charge in [0.1, 0.15) is 0 Å². The van der Waals surface area contributed by atoms with Crippen LogP contribution in [-0.2, 0) is 4.79 Å². The summed E-state index contributed by atoms with van der Waals surface area (Å²) in [5.41, 5.74) is 2.36. The lowest BCUT2D eigenvalue weighted by molar-refractivity contribution is -0.111. The lowest BCUT2D eigenvalue weighted by atomic mass is 10.2. The van der Waals surface area contributed by atoms with E-state index in [4.69, 9.17) is 21.1 Å². The normalized spacial score (nSPS) is 10.7. The van der Waals surface area contributed by atoms with Crippen molar-refractivity contribution < 1.29 is 14.3 Å². The molecule has 0 aliphatic rings. The van der Waals surface area contributed by atoms with Crippen LogP contribution in [0.15, 0.2) is 36.7 Å². The molecule has 6 heteroatoms. The Morgan fingerprint density at radius 3 is 2.88 bits per heavy atom. The molecule has 1 N–H and O–H groups in total. The van der Waals surface area contributed by atoms with Crippen molar-refractivity contribution in [2.75, 3.05) is 19.0 Å². The predicted molar refractivity (Wildman–Crippen MR) is 95.8 cm³/mol. The number of carbonyl (C=O) groups is 1. The van der Waals surface area contributed by atoms with E-state index in [1.165, 1.54) is 13.2 Å². The van der Waals surface area contributed by atoms with Gasteiger partial charge in [0.25, 0.3) is 0 Å². The third-order valence-electron chi connectivity index (χ3n) is 3.26. The van der Waals surface area contributed by atoms with E-state index in [1.807, 2.05) is 19.9 Å². The summed E-state index contributed by atoms with van der Waals surface area (Å²) in [7, 11) is 1.53. The summed E-state index contributed by atoms with van der Waals surface area (Å²) in [6, 6.07) is 5.31. The Labute approximate surface area is 146 Å². The quantitative estimate of drug-likeness (QED) is 0.800. The van der Waals surface area contributed by atoms with Gasteiger partial charge in [-0.15, -0.1) is 0 Å². The third-order valence-corrected chi connectivity index (χ3v) is 3.54. The van der Waals surface area contributed by atoms with Gasteiger partial charge in [-0.25, -0.2) is 0 Å². The van der Waals surface area contributed by atoms with Crippen LogP contribution in [0.3, 0.4) is 0 Å². The van der Waals surface area contributed by atoms with Crippen LogP contribution in [0.2, 0.25) is 5.02 Å². The smallest absolute Gasteiger partial charge is 0.248 e. The van der Waals surface area contributed by atoms with Gasteiger partial charge in [-0.3, -0.25) is 9.78 Å². The second-order valence-corrected chi connectivity index (χ2v) is 5.39. The molecular formula is C18H19ClN2O3. The number of anilines is 1. The van der Waals surface area contributed by atoms with E-state index in [0.717, 1.165) is 11.1 Å². The maximum absolute atomic E-state index is 12.0. The second kappa shape index (κ2) is 8.36. The second-order valence-electron chi connectivity index (χ2n) is 4.98. The van der Waals surface area contributed by atoms with Gasteiger partial charge in [-0.05, 0) is 49.2 Å². The zero-order valence-corrected chi connectivity index (χ0v) is 14.6. The molecule has 0 saturated heterocycles. The van der Waals surface area contributed by atoms with Gasteiger partial charge < -0.3 is 14.8 Å². The summed E-state index contributed by atoms with van der Waals surface area (Å²) >= 11 is 6.19. The Morgan fingerprint density at radius 1 is 1.42 bits per heavy atom. The van der Waals surface area contributed by atoms with Crippen molar-refractivity contribution in [3.8, 4) is 11.5 Å². The summed E-state index contributed by atoms with van der Waals surface area (Å²) in [4.78, 5) is 16.0. The minimum Gasteiger partial charge on any atom is -0.491 e.